The van der Waals surface area contributed by atoms with Gasteiger partial charge in [-0.15, -0.1) is 0 Å². The molecule has 0 N–H and O–H groups in total. The van der Waals surface area contributed by atoms with Crippen molar-refractivity contribution in [2.24, 2.45) is 0 Å². The summed E-state index contributed by atoms with van der Waals surface area (Å²) in [6.07, 6.45) is 4.17. The Morgan fingerprint density at radius 3 is 2.43 bits per heavy atom. The molecule has 0 fully saturated rings. The van der Waals surface area contributed by atoms with Crippen LogP contribution in [0.3, 0.4) is 0 Å². The van der Waals surface area contributed by atoms with Crippen molar-refractivity contribution in [3.63, 3.8) is 0 Å². The minimum atomic E-state index is 0.322. The molecular formula is C17H13NO3. The van der Waals surface area contributed by atoms with Gasteiger partial charge in [0.2, 0.25) is 0 Å². The van der Waals surface area contributed by atoms with Gasteiger partial charge in [0.25, 0.3) is 0 Å². The van der Waals surface area contributed by atoms with E-state index in [-0.39, 0.29) is 0 Å². The van der Waals surface area contributed by atoms with Crippen LogP contribution in [0, 0.1) is 0 Å². The number of nitrogens with zero attached hydrogens (tertiary/aromatic N) is 1. The summed E-state index contributed by atoms with van der Waals surface area (Å²) in [5.74, 6) is 1.76. The number of ether oxygens (including phenoxy) is 1. The lowest BCUT2D eigenvalue weighted by Gasteiger charge is -2.06. The van der Waals surface area contributed by atoms with Crippen molar-refractivity contribution in [2.45, 2.75) is 6.61 Å². The fourth-order valence-electron chi connectivity index (χ4n) is 1.93. The van der Waals surface area contributed by atoms with Crippen molar-refractivity contribution in [1.82, 2.24) is 4.98 Å². The second kappa shape index (κ2) is 6.05. The van der Waals surface area contributed by atoms with E-state index in [2.05, 4.69) is 4.98 Å². The fraction of sp³-hybridized carbons (Fsp3) is 0.0588. The number of hydrogen-bond donors (Lipinski definition) is 0. The molecule has 0 radical (unpaired) electrons. The van der Waals surface area contributed by atoms with Crippen LogP contribution in [0.4, 0.5) is 0 Å². The number of aldehydes is 1. The Kier molecular flexibility index (Phi) is 3.78. The minimum Gasteiger partial charge on any atom is -0.489 e. The number of pyridine rings is 1. The highest BCUT2D eigenvalue weighted by molar-refractivity contribution is 5.72. The zero-order valence-corrected chi connectivity index (χ0v) is 11.2. The quantitative estimate of drug-likeness (QED) is 0.668. The van der Waals surface area contributed by atoms with Crippen LogP contribution < -0.4 is 4.74 Å². The van der Waals surface area contributed by atoms with Gasteiger partial charge in [0.15, 0.2) is 12.0 Å². The van der Waals surface area contributed by atoms with Crippen LogP contribution in [-0.2, 0) is 6.61 Å². The van der Waals surface area contributed by atoms with Crippen LogP contribution in [-0.4, -0.2) is 11.3 Å². The lowest BCUT2D eigenvalue weighted by Crippen LogP contribution is -1.95. The standard InChI is InChI=1S/C17H13NO3/c19-11-16-5-6-17(21-16)14-1-3-15(4-2-14)20-12-13-7-9-18-10-8-13/h1-11H,12H2. The van der Waals surface area contributed by atoms with Gasteiger partial charge in [-0.1, -0.05) is 0 Å². The predicted octanol–water partition coefficient (Wildman–Crippen LogP) is 3.73. The lowest BCUT2D eigenvalue weighted by atomic mass is 10.2. The zero-order chi connectivity index (χ0) is 14.5. The molecule has 0 unspecified atom stereocenters. The Balaban J connectivity index is 1.68. The molecule has 3 rings (SSSR count). The number of rotatable bonds is 5. The number of benzene rings is 1. The van der Waals surface area contributed by atoms with Crippen molar-refractivity contribution in [2.75, 3.05) is 0 Å². The van der Waals surface area contributed by atoms with Crippen LogP contribution >= 0.6 is 0 Å². The Morgan fingerprint density at radius 1 is 1.00 bits per heavy atom. The van der Waals surface area contributed by atoms with Crippen LogP contribution in [0.5, 0.6) is 5.75 Å². The van der Waals surface area contributed by atoms with Gasteiger partial charge in [0.1, 0.15) is 18.1 Å². The second-order valence-electron chi connectivity index (χ2n) is 4.49. The monoisotopic (exact) mass is 279 g/mol. The van der Waals surface area contributed by atoms with E-state index in [1.807, 2.05) is 36.4 Å². The second-order valence-corrected chi connectivity index (χ2v) is 4.49. The van der Waals surface area contributed by atoms with E-state index in [4.69, 9.17) is 9.15 Å². The third kappa shape index (κ3) is 3.17. The molecule has 0 atom stereocenters. The summed E-state index contributed by atoms with van der Waals surface area (Å²) in [7, 11) is 0. The summed E-state index contributed by atoms with van der Waals surface area (Å²) >= 11 is 0. The molecule has 0 aliphatic carbocycles. The molecule has 4 nitrogen and oxygen atoms in total. The Hall–Kier alpha value is -2.88. The Bertz CT molecular complexity index is 717. The molecule has 0 aliphatic rings. The molecule has 21 heavy (non-hydrogen) atoms. The SMILES string of the molecule is O=Cc1ccc(-c2ccc(OCc3ccncc3)cc2)o1. The average Bonchev–Trinajstić information content (AvgIpc) is 3.03. The maximum Gasteiger partial charge on any atom is 0.185 e. The third-order valence-corrected chi connectivity index (χ3v) is 3.04. The van der Waals surface area contributed by atoms with Crippen molar-refractivity contribution in [3.05, 3.63) is 72.2 Å². The predicted molar refractivity (Wildman–Crippen MR) is 78.1 cm³/mol. The van der Waals surface area contributed by atoms with Crippen molar-refractivity contribution in [1.29, 1.82) is 0 Å². The minimum absolute atomic E-state index is 0.322. The van der Waals surface area contributed by atoms with Gasteiger partial charge in [-0.05, 0) is 54.1 Å². The highest BCUT2D eigenvalue weighted by atomic mass is 16.5. The highest BCUT2D eigenvalue weighted by Crippen LogP contribution is 2.24. The molecule has 0 saturated carbocycles. The van der Waals surface area contributed by atoms with Crippen LogP contribution in [0.15, 0.2) is 65.3 Å². The molecule has 0 saturated heterocycles. The van der Waals surface area contributed by atoms with Crippen LogP contribution in [0.25, 0.3) is 11.3 Å². The van der Waals surface area contributed by atoms with Gasteiger partial charge < -0.3 is 9.15 Å². The smallest absolute Gasteiger partial charge is 0.185 e. The first-order chi connectivity index (χ1) is 10.3. The van der Waals surface area contributed by atoms with Crippen LogP contribution in [0.1, 0.15) is 16.1 Å². The van der Waals surface area contributed by atoms with Crippen molar-refractivity contribution >= 4 is 6.29 Å². The van der Waals surface area contributed by atoms with Crippen molar-refractivity contribution in [3.8, 4) is 17.1 Å². The highest BCUT2D eigenvalue weighted by Gasteiger charge is 2.04. The molecule has 104 valence electrons. The number of furan rings is 1. The maximum absolute atomic E-state index is 10.6. The molecule has 2 heterocycles. The Labute approximate surface area is 122 Å². The first kappa shape index (κ1) is 13.1. The molecule has 1 aromatic carbocycles. The van der Waals surface area contributed by atoms with Gasteiger partial charge >= 0.3 is 0 Å². The van der Waals surface area contributed by atoms with Crippen molar-refractivity contribution < 1.29 is 13.9 Å². The number of aromatic nitrogens is 1. The first-order valence-corrected chi connectivity index (χ1v) is 6.52. The number of carbonyl (C=O) groups is 1. The van der Waals surface area contributed by atoms with Gasteiger partial charge in [-0.3, -0.25) is 9.78 Å². The lowest BCUT2D eigenvalue weighted by molar-refractivity contribution is 0.110. The normalized spacial score (nSPS) is 10.3. The maximum atomic E-state index is 10.6. The number of carbonyl (C=O) groups excluding carboxylic acids is 1. The summed E-state index contributed by atoms with van der Waals surface area (Å²) in [5, 5.41) is 0. The van der Waals surface area contributed by atoms with Gasteiger partial charge in [-0.2, -0.15) is 0 Å². The summed E-state index contributed by atoms with van der Waals surface area (Å²) < 4.78 is 11.1. The summed E-state index contributed by atoms with van der Waals surface area (Å²) in [5.41, 5.74) is 1.97. The summed E-state index contributed by atoms with van der Waals surface area (Å²) in [6, 6.07) is 14.8. The molecule has 0 aliphatic heterocycles. The molecule has 0 amide bonds. The Morgan fingerprint density at radius 2 is 1.76 bits per heavy atom. The summed E-state index contributed by atoms with van der Waals surface area (Å²) in [6.45, 7) is 0.498. The van der Waals surface area contributed by atoms with Crippen LogP contribution in [0.2, 0.25) is 0 Å². The van der Waals surface area contributed by atoms with E-state index in [1.54, 1.807) is 24.5 Å². The van der Waals surface area contributed by atoms with E-state index in [9.17, 15) is 4.79 Å². The van der Waals surface area contributed by atoms with E-state index in [0.29, 0.717) is 24.4 Å². The zero-order valence-electron chi connectivity index (χ0n) is 11.2. The fourth-order valence-corrected chi connectivity index (χ4v) is 1.93. The van der Waals surface area contributed by atoms with E-state index in [1.165, 1.54) is 0 Å². The van der Waals surface area contributed by atoms with Gasteiger partial charge in [0, 0.05) is 18.0 Å². The first-order valence-electron chi connectivity index (χ1n) is 6.52. The molecular weight excluding hydrogens is 266 g/mol. The average molecular weight is 279 g/mol. The molecule has 4 heteroatoms. The molecule has 3 aromatic rings. The third-order valence-electron chi connectivity index (χ3n) is 3.04. The van der Waals surface area contributed by atoms with E-state index < -0.39 is 0 Å². The van der Waals surface area contributed by atoms with E-state index >= 15 is 0 Å². The van der Waals surface area contributed by atoms with E-state index in [0.717, 1.165) is 16.9 Å². The topological polar surface area (TPSA) is 52.3 Å². The van der Waals surface area contributed by atoms with Gasteiger partial charge in [-0.25, -0.2) is 0 Å². The largest absolute Gasteiger partial charge is 0.489 e. The molecule has 0 spiro atoms. The number of hydrogen-bond acceptors (Lipinski definition) is 4. The van der Waals surface area contributed by atoms with Gasteiger partial charge in [0.05, 0.1) is 0 Å². The summed E-state index contributed by atoms with van der Waals surface area (Å²) in [4.78, 5) is 14.6. The molecule has 0 bridgehead atoms. The molecule has 2 aromatic heterocycles.